The van der Waals surface area contributed by atoms with Gasteiger partial charge in [-0.3, -0.25) is 9.48 Å². The van der Waals surface area contributed by atoms with Crippen LogP contribution in [0.3, 0.4) is 0 Å². The number of Topliss-reactive ketones (excluding diaryl/α,β-unsaturated/α-hetero) is 1. The summed E-state index contributed by atoms with van der Waals surface area (Å²) in [6.45, 7) is 4.48. The van der Waals surface area contributed by atoms with Crippen LogP contribution in [0.15, 0.2) is 6.33 Å². The molecule has 5 nitrogen and oxygen atoms in total. The third kappa shape index (κ3) is 3.41. The van der Waals surface area contributed by atoms with Gasteiger partial charge in [-0.15, -0.1) is 0 Å². The number of carbonyl (C=O) groups is 1. The van der Waals surface area contributed by atoms with E-state index in [2.05, 4.69) is 17.0 Å². The van der Waals surface area contributed by atoms with Gasteiger partial charge in [0, 0.05) is 25.5 Å². The fourth-order valence-corrected chi connectivity index (χ4v) is 1.67. The summed E-state index contributed by atoms with van der Waals surface area (Å²) in [5, 5.41) is 13.0. The fraction of sp³-hybridized carbons (Fsp3) is 0.727. The van der Waals surface area contributed by atoms with Crippen LogP contribution < -0.4 is 0 Å². The molecule has 0 radical (unpaired) electrons. The third-order valence-electron chi connectivity index (χ3n) is 2.61. The van der Waals surface area contributed by atoms with E-state index in [9.17, 15) is 4.79 Å². The molecule has 0 saturated heterocycles. The number of carbonyl (C=O) groups excluding carboxylic acids is 1. The molecule has 1 rings (SSSR count). The number of nitrogens with zero attached hydrogens (tertiary/aromatic N) is 3. The van der Waals surface area contributed by atoms with Crippen LogP contribution in [0.1, 0.15) is 32.5 Å². The Morgan fingerprint density at radius 3 is 2.94 bits per heavy atom. The molecule has 16 heavy (non-hydrogen) atoms. The van der Waals surface area contributed by atoms with Crippen LogP contribution in [-0.2, 0) is 17.8 Å². The Balaban J connectivity index is 2.68. The van der Waals surface area contributed by atoms with Gasteiger partial charge >= 0.3 is 0 Å². The molecule has 1 N–H and O–H groups in total. The molecular weight excluding hydrogens is 206 g/mol. The molecule has 0 aliphatic rings. The Kier molecular flexibility index (Phi) is 5.11. The Labute approximate surface area is 95.5 Å². The molecule has 1 aromatic rings. The smallest absolute Gasteiger partial charge is 0.138 e. The van der Waals surface area contributed by atoms with Gasteiger partial charge in [0.05, 0.1) is 0 Å². The first-order chi connectivity index (χ1) is 7.69. The molecule has 1 aromatic heterocycles. The van der Waals surface area contributed by atoms with Crippen LogP contribution in [0.2, 0.25) is 0 Å². The number of aliphatic hydroxyl groups excluding tert-OH is 1. The molecule has 0 fully saturated rings. The summed E-state index contributed by atoms with van der Waals surface area (Å²) in [6, 6.07) is 0. The number of aromatic nitrogens is 3. The molecule has 0 bridgehead atoms. The summed E-state index contributed by atoms with van der Waals surface area (Å²) in [4.78, 5) is 15.5. The topological polar surface area (TPSA) is 68.0 Å². The van der Waals surface area contributed by atoms with Crippen molar-refractivity contribution < 1.29 is 9.90 Å². The van der Waals surface area contributed by atoms with E-state index in [-0.39, 0.29) is 18.3 Å². The maximum atomic E-state index is 11.4. The number of aliphatic hydroxyl groups is 1. The SMILES string of the molecule is CCCn1ncnc1CC(CCO)C(C)=O. The summed E-state index contributed by atoms with van der Waals surface area (Å²) in [5.74, 6) is 0.778. The predicted molar refractivity (Wildman–Crippen MR) is 59.9 cm³/mol. The average molecular weight is 225 g/mol. The van der Waals surface area contributed by atoms with Crippen molar-refractivity contribution in [1.29, 1.82) is 0 Å². The molecule has 1 unspecified atom stereocenters. The lowest BCUT2D eigenvalue weighted by atomic mass is 9.97. The highest BCUT2D eigenvalue weighted by Gasteiger charge is 2.17. The van der Waals surface area contributed by atoms with Gasteiger partial charge in [0.15, 0.2) is 0 Å². The van der Waals surface area contributed by atoms with Gasteiger partial charge < -0.3 is 5.11 Å². The summed E-state index contributed by atoms with van der Waals surface area (Å²) >= 11 is 0. The maximum Gasteiger partial charge on any atom is 0.138 e. The first-order valence-electron chi connectivity index (χ1n) is 5.67. The molecule has 0 aromatic carbocycles. The minimum absolute atomic E-state index is 0.0339. The molecule has 0 saturated carbocycles. The summed E-state index contributed by atoms with van der Waals surface area (Å²) in [6.07, 6.45) is 3.56. The van der Waals surface area contributed by atoms with Gasteiger partial charge in [-0.1, -0.05) is 6.92 Å². The van der Waals surface area contributed by atoms with Crippen molar-refractivity contribution in [3.63, 3.8) is 0 Å². The zero-order valence-electron chi connectivity index (χ0n) is 9.89. The van der Waals surface area contributed by atoms with Crippen molar-refractivity contribution in [2.75, 3.05) is 6.61 Å². The van der Waals surface area contributed by atoms with Gasteiger partial charge in [0.2, 0.25) is 0 Å². The number of aryl methyl sites for hydroxylation is 1. The Hall–Kier alpha value is -1.23. The Morgan fingerprint density at radius 2 is 2.38 bits per heavy atom. The van der Waals surface area contributed by atoms with Gasteiger partial charge in [-0.25, -0.2) is 4.98 Å². The average Bonchev–Trinajstić information content (AvgIpc) is 2.65. The van der Waals surface area contributed by atoms with Crippen molar-refractivity contribution in [3.05, 3.63) is 12.2 Å². The van der Waals surface area contributed by atoms with E-state index in [1.54, 1.807) is 6.92 Å². The maximum absolute atomic E-state index is 11.4. The minimum atomic E-state index is -0.148. The second-order valence-electron chi connectivity index (χ2n) is 3.92. The first kappa shape index (κ1) is 12.8. The number of rotatable bonds is 7. The lowest BCUT2D eigenvalue weighted by Crippen LogP contribution is -2.18. The highest BCUT2D eigenvalue weighted by molar-refractivity contribution is 5.78. The van der Waals surface area contributed by atoms with E-state index in [0.29, 0.717) is 12.8 Å². The number of ketones is 1. The molecule has 0 aliphatic heterocycles. The Bertz CT molecular complexity index is 336. The van der Waals surface area contributed by atoms with Crippen LogP contribution in [-0.4, -0.2) is 32.3 Å². The van der Waals surface area contributed by atoms with Crippen molar-refractivity contribution in [2.24, 2.45) is 5.92 Å². The zero-order valence-corrected chi connectivity index (χ0v) is 9.89. The molecule has 1 atom stereocenters. The molecule has 1 heterocycles. The second-order valence-corrected chi connectivity index (χ2v) is 3.92. The van der Waals surface area contributed by atoms with E-state index in [1.165, 1.54) is 6.33 Å². The second kappa shape index (κ2) is 6.37. The van der Waals surface area contributed by atoms with E-state index in [1.807, 2.05) is 4.68 Å². The van der Waals surface area contributed by atoms with Gasteiger partial charge in [-0.2, -0.15) is 5.10 Å². The van der Waals surface area contributed by atoms with Crippen molar-refractivity contribution in [1.82, 2.24) is 14.8 Å². The Morgan fingerprint density at radius 1 is 1.62 bits per heavy atom. The van der Waals surface area contributed by atoms with Gasteiger partial charge in [0.25, 0.3) is 0 Å². The summed E-state index contributed by atoms with van der Waals surface area (Å²) in [7, 11) is 0. The first-order valence-corrected chi connectivity index (χ1v) is 5.67. The van der Waals surface area contributed by atoms with E-state index >= 15 is 0 Å². The van der Waals surface area contributed by atoms with Crippen molar-refractivity contribution in [3.8, 4) is 0 Å². The van der Waals surface area contributed by atoms with Crippen molar-refractivity contribution in [2.45, 2.75) is 39.7 Å². The highest BCUT2D eigenvalue weighted by Crippen LogP contribution is 2.11. The lowest BCUT2D eigenvalue weighted by Gasteiger charge is -2.12. The molecule has 5 heteroatoms. The predicted octanol–water partition coefficient (Wildman–Crippen LogP) is 0.818. The monoisotopic (exact) mass is 225 g/mol. The third-order valence-corrected chi connectivity index (χ3v) is 2.61. The highest BCUT2D eigenvalue weighted by atomic mass is 16.3. The molecule has 90 valence electrons. The number of hydrogen-bond donors (Lipinski definition) is 1. The van der Waals surface area contributed by atoms with Crippen LogP contribution >= 0.6 is 0 Å². The molecule has 0 aliphatic carbocycles. The summed E-state index contributed by atoms with van der Waals surface area (Å²) in [5.41, 5.74) is 0. The fourth-order valence-electron chi connectivity index (χ4n) is 1.67. The van der Waals surface area contributed by atoms with Crippen LogP contribution in [0, 0.1) is 5.92 Å². The normalized spacial score (nSPS) is 12.7. The van der Waals surface area contributed by atoms with Crippen molar-refractivity contribution >= 4 is 5.78 Å². The van der Waals surface area contributed by atoms with Crippen LogP contribution in [0.5, 0.6) is 0 Å². The summed E-state index contributed by atoms with van der Waals surface area (Å²) < 4.78 is 1.83. The standard InChI is InChI=1S/C11H19N3O2/c1-3-5-14-11(12-8-13-14)7-10(4-6-15)9(2)16/h8,10,15H,3-7H2,1-2H3. The molecule has 0 spiro atoms. The van der Waals surface area contributed by atoms with Gasteiger partial charge in [-0.05, 0) is 19.8 Å². The van der Waals surface area contributed by atoms with E-state index in [0.717, 1.165) is 18.8 Å². The minimum Gasteiger partial charge on any atom is -0.396 e. The molecule has 0 amide bonds. The zero-order chi connectivity index (χ0) is 12.0. The largest absolute Gasteiger partial charge is 0.396 e. The quantitative estimate of drug-likeness (QED) is 0.746. The van der Waals surface area contributed by atoms with Gasteiger partial charge in [0.1, 0.15) is 17.9 Å². The van der Waals surface area contributed by atoms with E-state index in [4.69, 9.17) is 5.11 Å². The molecular formula is C11H19N3O2. The van der Waals surface area contributed by atoms with E-state index < -0.39 is 0 Å². The number of hydrogen-bond acceptors (Lipinski definition) is 4. The van der Waals surface area contributed by atoms with Crippen LogP contribution in [0.4, 0.5) is 0 Å². The lowest BCUT2D eigenvalue weighted by molar-refractivity contribution is -0.121. The van der Waals surface area contributed by atoms with Crippen LogP contribution in [0.25, 0.3) is 0 Å².